The first-order valence-corrected chi connectivity index (χ1v) is 12.7. The normalized spacial score (nSPS) is 13.1. The van der Waals surface area contributed by atoms with Gasteiger partial charge in [0.2, 0.25) is 15.9 Å². The maximum Gasteiger partial charge on any atom is 0.242 e. The number of furan rings is 1. The summed E-state index contributed by atoms with van der Waals surface area (Å²) in [6, 6.07) is 14.5. The van der Waals surface area contributed by atoms with Gasteiger partial charge in [0.1, 0.15) is 17.2 Å². The number of sulfonamides is 1. The third-order valence-corrected chi connectivity index (χ3v) is 8.10. The second-order valence-corrected chi connectivity index (χ2v) is 10.7. The fourth-order valence-electron chi connectivity index (χ4n) is 4.08. The van der Waals surface area contributed by atoms with Crippen LogP contribution in [0.1, 0.15) is 37.9 Å². The molecule has 0 saturated carbocycles. The molecule has 2 heterocycles. The topological polar surface area (TPSA) is 88.6 Å². The quantitative estimate of drug-likeness (QED) is 0.375. The van der Waals surface area contributed by atoms with Crippen LogP contribution in [0.4, 0.5) is 0 Å². The Bertz CT molecular complexity index is 1420. The minimum atomic E-state index is -3.55. The van der Waals surface area contributed by atoms with Gasteiger partial charge in [-0.3, -0.25) is 4.79 Å². The van der Waals surface area contributed by atoms with Crippen LogP contribution in [-0.4, -0.2) is 54.2 Å². The van der Waals surface area contributed by atoms with Crippen molar-refractivity contribution >= 4 is 37.9 Å². The van der Waals surface area contributed by atoms with Gasteiger partial charge in [-0.25, -0.2) is 17.7 Å². The van der Waals surface area contributed by atoms with E-state index in [0.29, 0.717) is 18.5 Å². The van der Waals surface area contributed by atoms with E-state index in [1.54, 1.807) is 30.1 Å². The summed E-state index contributed by atoms with van der Waals surface area (Å²) >= 11 is 0. The summed E-state index contributed by atoms with van der Waals surface area (Å²) in [5, 5.41) is 1.01. The molecule has 1 unspecified atom stereocenters. The number of aromatic nitrogens is 2. The van der Waals surface area contributed by atoms with Gasteiger partial charge in [0.25, 0.3) is 0 Å². The van der Waals surface area contributed by atoms with E-state index in [9.17, 15) is 13.2 Å². The van der Waals surface area contributed by atoms with Crippen LogP contribution in [0.3, 0.4) is 0 Å². The Labute approximate surface area is 199 Å². The minimum Gasteiger partial charge on any atom is -0.459 e. The maximum atomic E-state index is 13.0. The molecule has 0 fully saturated rings. The van der Waals surface area contributed by atoms with Crippen LogP contribution in [0.5, 0.6) is 0 Å². The molecule has 0 aliphatic carbocycles. The lowest BCUT2D eigenvalue weighted by molar-refractivity contribution is -0.132. The smallest absolute Gasteiger partial charge is 0.242 e. The van der Waals surface area contributed by atoms with Gasteiger partial charge in [-0.1, -0.05) is 18.2 Å². The number of fused-ring (bicyclic) bond motifs is 2. The van der Waals surface area contributed by atoms with Gasteiger partial charge in [-0.05, 0) is 44.2 Å². The Kier molecular flexibility index (Phi) is 6.51. The zero-order valence-electron chi connectivity index (χ0n) is 20.1. The second kappa shape index (κ2) is 9.23. The van der Waals surface area contributed by atoms with Crippen LogP contribution >= 0.6 is 0 Å². The lowest BCUT2D eigenvalue weighted by Gasteiger charge is -2.23. The van der Waals surface area contributed by atoms with Crippen LogP contribution in [0.25, 0.3) is 22.0 Å². The number of aryl methyl sites for hydroxylation is 2. The summed E-state index contributed by atoms with van der Waals surface area (Å²) in [5.74, 6) is 1.49. The van der Waals surface area contributed by atoms with E-state index >= 15 is 0 Å². The number of carbonyl (C=O) groups excluding carboxylic acids is 1. The largest absolute Gasteiger partial charge is 0.459 e. The average molecular weight is 483 g/mol. The van der Waals surface area contributed by atoms with E-state index < -0.39 is 10.0 Å². The van der Waals surface area contributed by atoms with Crippen molar-refractivity contribution in [1.82, 2.24) is 18.8 Å². The predicted octanol–water partition coefficient (Wildman–Crippen LogP) is 4.20. The zero-order chi connectivity index (χ0) is 24.6. The van der Waals surface area contributed by atoms with Gasteiger partial charge in [-0.15, -0.1) is 0 Å². The molecular formula is C25H30N4O4S. The molecule has 0 aliphatic rings. The predicted molar refractivity (Wildman–Crippen MR) is 132 cm³/mol. The molecule has 34 heavy (non-hydrogen) atoms. The number of rotatable bonds is 8. The van der Waals surface area contributed by atoms with Crippen LogP contribution in [0.15, 0.2) is 57.8 Å². The van der Waals surface area contributed by atoms with E-state index in [-0.39, 0.29) is 23.3 Å². The number of imidazole rings is 1. The molecule has 0 saturated heterocycles. The van der Waals surface area contributed by atoms with E-state index in [1.165, 1.54) is 18.4 Å². The Morgan fingerprint density at radius 2 is 1.85 bits per heavy atom. The van der Waals surface area contributed by atoms with Crippen molar-refractivity contribution in [2.24, 2.45) is 0 Å². The lowest BCUT2D eigenvalue weighted by atomic mass is 10.1. The highest BCUT2D eigenvalue weighted by atomic mass is 32.2. The van der Waals surface area contributed by atoms with Gasteiger partial charge in [0.05, 0.1) is 22.0 Å². The highest BCUT2D eigenvalue weighted by Crippen LogP contribution is 2.27. The highest BCUT2D eigenvalue weighted by Gasteiger charge is 2.23. The number of amides is 1. The molecule has 1 atom stereocenters. The number of carbonyl (C=O) groups is 1. The Morgan fingerprint density at radius 3 is 2.53 bits per heavy atom. The third-order valence-electron chi connectivity index (χ3n) is 6.29. The molecule has 0 bridgehead atoms. The second-order valence-electron chi connectivity index (χ2n) is 8.58. The standard InChI is InChI=1S/C25H30N4O4S/c1-6-29-21-12-11-19(34(31,32)27(3)4)16-20(21)26-24(29)13-14-25(30)28(5)17(2)23-15-18-9-7-8-10-22(18)33-23/h7-12,15-17H,6,13-14H2,1-5H3. The number of para-hydroxylation sites is 1. The summed E-state index contributed by atoms with van der Waals surface area (Å²) in [6.07, 6.45) is 0.738. The van der Waals surface area contributed by atoms with Crippen molar-refractivity contribution in [2.45, 2.75) is 44.2 Å². The molecule has 180 valence electrons. The molecule has 4 rings (SSSR count). The molecule has 9 heteroatoms. The van der Waals surface area contributed by atoms with Gasteiger partial charge in [0, 0.05) is 45.9 Å². The maximum absolute atomic E-state index is 13.0. The Morgan fingerprint density at radius 1 is 1.12 bits per heavy atom. The van der Waals surface area contributed by atoms with E-state index in [0.717, 1.165) is 28.1 Å². The van der Waals surface area contributed by atoms with Crippen LogP contribution in [-0.2, 0) is 27.8 Å². The summed E-state index contributed by atoms with van der Waals surface area (Å²) in [7, 11) is 1.24. The fraction of sp³-hybridized carbons (Fsp3) is 0.360. The summed E-state index contributed by atoms with van der Waals surface area (Å²) < 4.78 is 34.1. The first kappa shape index (κ1) is 24.0. The van der Waals surface area contributed by atoms with Gasteiger partial charge >= 0.3 is 0 Å². The van der Waals surface area contributed by atoms with E-state index in [2.05, 4.69) is 4.98 Å². The molecule has 0 N–H and O–H groups in total. The van der Waals surface area contributed by atoms with Gasteiger partial charge in [0.15, 0.2) is 0 Å². The minimum absolute atomic E-state index is 0.0152. The van der Waals surface area contributed by atoms with Crippen LogP contribution in [0.2, 0.25) is 0 Å². The van der Waals surface area contributed by atoms with E-state index in [1.807, 2.05) is 48.7 Å². The summed E-state index contributed by atoms with van der Waals surface area (Å²) in [5.41, 5.74) is 2.26. The number of nitrogens with zero attached hydrogens (tertiary/aromatic N) is 4. The van der Waals surface area contributed by atoms with Crippen molar-refractivity contribution in [3.05, 3.63) is 60.1 Å². The molecule has 2 aromatic carbocycles. The van der Waals surface area contributed by atoms with Crippen molar-refractivity contribution < 1.29 is 17.6 Å². The summed E-state index contributed by atoms with van der Waals surface area (Å²) in [6.45, 7) is 4.63. The van der Waals surface area contributed by atoms with Crippen LogP contribution < -0.4 is 0 Å². The van der Waals surface area contributed by atoms with Gasteiger partial charge in [-0.2, -0.15) is 0 Å². The molecular weight excluding hydrogens is 452 g/mol. The van der Waals surface area contributed by atoms with E-state index in [4.69, 9.17) is 4.42 Å². The lowest BCUT2D eigenvalue weighted by Crippen LogP contribution is -2.29. The number of benzene rings is 2. The van der Waals surface area contributed by atoms with Gasteiger partial charge < -0.3 is 13.9 Å². The first-order chi connectivity index (χ1) is 16.1. The Hall–Kier alpha value is -3.17. The molecule has 0 aliphatic heterocycles. The molecule has 0 spiro atoms. The molecule has 8 nitrogen and oxygen atoms in total. The van der Waals surface area contributed by atoms with Crippen LogP contribution in [0, 0.1) is 0 Å². The van der Waals surface area contributed by atoms with Crippen molar-refractivity contribution in [3.8, 4) is 0 Å². The molecule has 2 aromatic heterocycles. The zero-order valence-corrected chi connectivity index (χ0v) is 21.0. The monoisotopic (exact) mass is 482 g/mol. The average Bonchev–Trinajstić information content (AvgIpc) is 3.41. The number of hydrogen-bond donors (Lipinski definition) is 0. The van der Waals surface area contributed by atoms with Crippen molar-refractivity contribution in [1.29, 1.82) is 0 Å². The van der Waals surface area contributed by atoms with Crippen molar-refractivity contribution in [2.75, 3.05) is 21.1 Å². The molecule has 0 radical (unpaired) electrons. The third kappa shape index (κ3) is 4.33. The SMILES string of the molecule is CCn1c(CCC(=O)N(C)C(C)c2cc3ccccc3o2)nc2cc(S(=O)(=O)N(C)C)ccc21. The molecule has 1 amide bonds. The molecule has 4 aromatic rings. The summed E-state index contributed by atoms with van der Waals surface area (Å²) in [4.78, 5) is 19.5. The fourth-order valence-corrected chi connectivity index (χ4v) is 5.01. The van der Waals surface area contributed by atoms with Crippen molar-refractivity contribution in [3.63, 3.8) is 0 Å². The Balaban J connectivity index is 1.52. The first-order valence-electron chi connectivity index (χ1n) is 11.3. The number of hydrogen-bond acceptors (Lipinski definition) is 5. The highest BCUT2D eigenvalue weighted by molar-refractivity contribution is 7.89.